The van der Waals surface area contributed by atoms with Gasteiger partial charge in [-0.1, -0.05) is 50.1 Å². The minimum Gasteiger partial charge on any atom is -0.457 e. The summed E-state index contributed by atoms with van der Waals surface area (Å²) in [5, 5.41) is 9.07. The Labute approximate surface area is 259 Å². The van der Waals surface area contributed by atoms with Crippen LogP contribution < -0.4 is 16.1 Å². The Hall–Kier alpha value is -4.05. The van der Waals surface area contributed by atoms with Gasteiger partial charge in [-0.05, 0) is 81.5 Å². The van der Waals surface area contributed by atoms with E-state index in [2.05, 4.69) is 27.6 Å². The summed E-state index contributed by atoms with van der Waals surface area (Å²) in [5.41, 5.74) is 4.63. The third kappa shape index (κ3) is 8.53. The lowest BCUT2D eigenvalue weighted by molar-refractivity contribution is -0.157. The van der Waals surface area contributed by atoms with E-state index in [1.807, 2.05) is 38.1 Å². The predicted molar refractivity (Wildman–Crippen MR) is 170 cm³/mol. The number of fused-ring (bicyclic) bond motifs is 1. The van der Waals surface area contributed by atoms with Gasteiger partial charge in [-0.15, -0.1) is 0 Å². The molecular weight excluding hydrogens is 558 g/mol. The number of nitrogens with zero attached hydrogens (tertiary/aromatic N) is 2. The van der Waals surface area contributed by atoms with Gasteiger partial charge in [0.1, 0.15) is 24.2 Å². The smallest absolute Gasteiger partial charge is 0.325 e. The van der Waals surface area contributed by atoms with Crippen LogP contribution in [0.5, 0.6) is 0 Å². The predicted octanol–water partition coefficient (Wildman–Crippen LogP) is 4.51. The van der Waals surface area contributed by atoms with Gasteiger partial charge in [0.25, 0.3) is 5.91 Å². The molecule has 1 aromatic carbocycles. The quantitative estimate of drug-likeness (QED) is 0.255. The second-order valence-corrected chi connectivity index (χ2v) is 11.8. The van der Waals surface area contributed by atoms with E-state index in [1.54, 1.807) is 31.3 Å². The van der Waals surface area contributed by atoms with Crippen LogP contribution in [0, 0.1) is 5.92 Å². The summed E-state index contributed by atoms with van der Waals surface area (Å²) in [5.74, 6) is -1.36. The summed E-state index contributed by atoms with van der Waals surface area (Å²) < 4.78 is 5.81. The Morgan fingerprint density at radius 2 is 1.84 bits per heavy atom. The van der Waals surface area contributed by atoms with E-state index >= 15 is 0 Å². The van der Waals surface area contributed by atoms with Crippen molar-refractivity contribution < 1.29 is 23.9 Å². The highest BCUT2D eigenvalue weighted by molar-refractivity contribution is 5.92. The molecule has 10 heteroatoms. The van der Waals surface area contributed by atoms with Crippen LogP contribution in [0.4, 0.5) is 0 Å². The van der Waals surface area contributed by atoms with Gasteiger partial charge in [0, 0.05) is 24.5 Å². The summed E-state index contributed by atoms with van der Waals surface area (Å²) in [4.78, 5) is 56.7. The number of carbonyl (C=O) groups is 4. The molecule has 2 aromatic rings. The molecule has 2 heterocycles. The Morgan fingerprint density at radius 1 is 1.07 bits per heavy atom. The van der Waals surface area contributed by atoms with Crippen LogP contribution in [0.3, 0.4) is 0 Å². The normalized spacial score (nSPS) is 19.6. The second-order valence-electron chi connectivity index (χ2n) is 11.8. The minimum absolute atomic E-state index is 0.0261. The van der Waals surface area contributed by atoms with Crippen molar-refractivity contribution in [3.05, 3.63) is 60.5 Å². The molecule has 44 heavy (non-hydrogen) atoms. The first-order valence-electron chi connectivity index (χ1n) is 15.7. The average Bonchev–Trinajstić information content (AvgIpc) is 3.05. The summed E-state index contributed by atoms with van der Waals surface area (Å²) in [6.07, 6.45) is 12.7. The summed E-state index contributed by atoms with van der Waals surface area (Å²) in [7, 11) is 0. The largest absolute Gasteiger partial charge is 0.457 e. The topological polar surface area (TPSA) is 130 Å². The van der Waals surface area contributed by atoms with Crippen LogP contribution in [0.1, 0.15) is 89.5 Å². The van der Waals surface area contributed by atoms with Crippen molar-refractivity contribution in [2.24, 2.45) is 5.92 Å². The molecule has 1 aliphatic heterocycles. The van der Waals surface area contributed by atoms with E-state index in [0.717, 1.165) is 54.1 Å². The summed E-state index contributed by atoms with van der Waals surface area (Å²) in [6, 6.07) is 5.51. The van der Waals surface area contributed by atoms with Gasteiger partial charge in [-0.25, -0.2) is 5.43 Å². The molecule has 1 aliphatic carbocycles. The number of amides is 3. The molecular formula is C34H45N5O5. The van der Waals surface area contributed by atoms with E-state index in [4.69, 9.17) is 4.74 Å². The van der Waals surface area contributed by atoms with Gasteiger partial charge in [-0.3, -0.25) is 29.2 Å². The van der Waals surface area contributed by atoms with E-state index in [1.165, 1.54) is 5.01 Å². The number of aromatic nitrogens is 1. The van der Waals surface area contributed by atoms with Crippen LogP contribution in [-0.2, 0) is 23.9 Å². The Kier molecular flexibility index (Phi) is 11.7. The van der Waals surface area contributed by atoms with Crippen molar-refractivity contribution in [2.75, 3.05) is 6.54 Å². The van der Waals surface area contributed by atoms with Gasteiger partial charge in [0.2, 0.25) is 11.8 Å². The van der Waals surface area contributed by atoms with Gasteiger partial charge in [-0.2, -0.15) is 0 Å². The Balaban J connectivity index is 1.34. The lowest BCUT2D eigenvalue weighted by atomic mass is 9.83. The van der Waals surface area contributed by atoms with Crippen molar-refractivity contribution in [3.8, 4) is 0 Å². The van der Waals surface area contributed by atoms with Gasteiger partial charge in [0.05, 0.1) is 5.69 Å². The van der Waals surface area contributed by atoms with Crippen molar-refractivity contribution in [2.45, 2.75) is 96.4 Å². The number of hydrazine groups is 1. The number of rotatable bonds is 11. The lowest BCUT2D eigenvalue weighted by Crippen LogP contribution is -2.61. The van der Waals surface area contributed by atoms with E-state index in [0.29, 0.717) is 19.4 Å². The average molecular weight is 604 g/mol. The molecule has 0 bridgehead atoms. The Bertz CT molecular complexity index is 1390. The molecule has 2 aliphatic rings. The number of nitrogens with one attached hydrogen (secondary N) is 3. The highest BCUT2D eigenvalue weighted by atomic mass is 16.5. The maximum Gasteiger partial charge on any atom is 0.325 e. The zero-order chi connectivity index (χ0) is 31.6. The van der Waals surface area contributed by atoms with Gasteiger partial charge >= 0.3 is 5.97 Å². The fraction of sp³-hybridized carbons (Fsp3) is 0.500. The first-order chi connectivity index (χ1) is 21.2. The molecule has 4 atom stereocenters. The van der Waals surface area contributed by atoms with Crippen molar-refractivity contribution >= 4 is 40.5 Å². The Morgan fingerprint density at radius 3 is 2.57 bits per heavy atom. The van der Waals surface area contributed by atoms with Gasteiger partial charge in [0.15, 0.2) is 0 Å². The molecule has 2 fully saturated rings. The van der Waals surface area contributed by atoms with Crippen molar-refractivity contribution in [3.63, 3.8) is 0 Å². The third-order valence-corrected chi connectivity index (χ3v) is 8.46. The monoisotopic (exact) mass is 603 g/mol. The van der Waals surface area contributed by atoms with E-state index < -0.39 is 30.2 Å². The molecule has 236 valence electrons. The summed E-state index contributed by atoms with van der Waals surface area (Å²) >= 11 is 0. The highest BCUT2D eigenvalue weighted by Gasteiger charge is 2.35. The molecule has 3 N–H and O–H groups in total. The number of benzene rings is 1. The van der Waals surface area contributed by atoms with Crippen molar-refractivity contribution in [1.82, 2.24) is 26.1 Å². The third-order valence-electron chi connectivity index (χ3n) is 8.46. The van der Waals surface area contributed by atoms with E-state index in [9.17, 15) is 19.2 Å². The molecule has 1 unspecified atom stereocenters. The fourth-order valence-electron chi connectivity index (χ4n) is 5.90. The molecule has 1 saturated heterocycles. The molecule has 10 nitrogen and oxygen atoms in total. The second kappa shape index (κ2) is 15.6. The molecule has 1 saturated carbocycles. The molecule has 0 radical (unpaired) electrons. The first-order valence-corrected chi connectivity index (χ1v) is 15.7. The van der Waals surface area contributed by atoms with E-state index in [-0.39, 0.29) is 30.1 Å². The van der Waals surface area contributed by atoms with Crippen LogP contribution in [0.2, 0.25) is 0 Å². The zero-order valence-electron chi connectivity index (χ0n) is 26.0. The fourth-order valence-corrected chi connectivity index (χ4v) is 5.90. The number of carbonyl (C=O) groups excluding carboxylic acids is 4. The molecule has 4 rings (SSSR count). The number of pyridine rings is 1. The minimum atomic E-state index is -0.852. The van der Waals surface area contributed by atoms with Crippen LogP contribution in [0.15, 0.2) is 49.2 Å². The SMILES string of the molecule is C=Cc1cc2cc([C@@H](C)OC(=O)[C@@H]3CCCN(C(=O)[C@H](C)NC(=O)C(NC(=O)C/C=C/C)C4CCCCC4)N3)ccc2cn1. The number of hydrogen-bond acceptors (Lipinski definition) is 7. The number of ether oxygens (including phenoxy) is 1. The molecule has 1 aromatic heterocycles. The number of esters is 1. The van der Waals surface area contributed by atoms with Crippen LogP contribution >= 0.6 is 0 Å². The maximum atomic E-state index is 13.4. The molecule has 3 amide bonds. The van der Waals surface area contributed by atoms with Crippen molar-refractivity contribution in [1.29, 1.82) is 0 Å². The number of hydrogen-bond donors (Lipinski definition) is 3. The summed E-state index contributed by atoms with van der Waals surface area (Å²) in [6.45, 7) is 9.45. The maximum absolute atomic E-state index is 13.4. The first kappa shape index (κ1) is 32.9. The van der Waals surface area contributed by atoms with Crippen LogP contribution in [-0.4, -0.2) is 58.4 Å². The van der Waals surface area contributed by atoms with Gasteiger partial charge < -0.3 is 15.4 Å². The molecule has 0 spiro atoms. The number of allylic oxidation sites excluding steroid dienone is 1. The zero-order valence-corrected chi connectivity index (χ0v) is 26.0. The standard InChI is InChI=1S/C34H45N5O5/c1-5-7-15-30(40)37-31(24-12-9-8-10-13-24)32(41)36-22(3)33(42)39-18-11-14-29(38-39)34(43)44-23(4)25-16-17-26-21-35-28(6-2)20-27(26)19-25/h5-7,16-17,19-24,29,31,38H,2,8-15,18H2,1,3-4H3,(H,36,41)(H,37,40)/b7-5+/t22-,23+,29-,31?/m0/s1. The van der Waals surface area contributed by atoms with Crippen LogP contribution in [0.25, 0.3) is 16.8 Å². The lowest BCUT2D eigenvalue weighted by Gasteiger charge is -2.35. The highest BCUT2D eigenvalue weighted by Crippen LogP contribution is 2.27.